The van der Waals surface area contributed by atoms with Crippen LogP contribution in [0.1, 0.15) is 21.6 Å². The number of carbonyl (C=O) groups excluding carboxylic acids is 1. The van der Waals surface area contributed by atoms with E-state index >= 15 is 0 Å². The highest BCUT2D eigenvalue weighted by atomic mass is 35.5. The van der Waals surface area contributed by atoms with Crippen LogP contribution in [0.15, 0.2) is 30.3 Å². The first-order chi connectivity index (χ1) is 14.3. The van der Waals surface area contributed by atoms with E-state index in [9.17, 15) is 9.18 Å². The highest BCUT2D eigenvalue weighted by molar-refractivity contribution is 6.32. The van der Waals surface area contributed by atoms with Crippen molar-refractivity contribution in [3.05, 3.63) is 68.2 Å². The molecule has 2 N–H and O–H groups in total. The lowest BCUT2D eigenvalue weighted by Crippen LogP contribution is -2.24. The van der Waals surface area contributed by atoms with Crippen LogP contribution < -0.4 is 14.8 Å². The minimum Gasteiger partial charge on any atom is -0.468 e. The van der Waals surface area contributed by atoms with Crippen molar-refractivity contribution in [2.45, 2.75) is 6.54 Å². The zero-order chi connectivity index (χ0) is 21.8. The molecule has 0 bridgehead atoms. The van der Waals surface area contributed by atoms with Gasteiger partial charge in [-0.2, -0.15) is 10.2 Å². The molecule has 11 heteroatoms. The number of nitrogens with one attached hydrogen (secondary N) is 2. The number of imidazole rings is 1. The monoisotopic (exact) mass is 468 g/mol. The number of amides is 1. The van der Waals surface area contributed by atoms with E-state index in [-0.39, 0.29) is 56.1 Å². The van der Waals surface area contributed by atoms with Crippen molar-refractivity contribution in [3.8, 4) is 23.6 Å². The normalized spacial score (nSPS) is 10.4. The molecule has 0 aliphatic carbocycles. The molecule has 3 rings (SSSR count). The van der Waals surface area contributed by atoms with Crippen LogP contribution in [-0.4, -0.2) is 23.0 Å². The number of benzene rings is 2. The van der Waals surface area contributed by atoms with Crippen molar-refractivity contribution in [2.75, 3.05) is 7.11 Å². The molecule has 3 aromatic rings. The van der Waals surface area contributed by atoms with Gasteiger partial charge in [-0.05, 0) is 24.3 Å². The number of rotatable bonds is 6. The van der Waals surface area contributed by atoms with Crippen molar-refractivity contribution in [3.63, 3.8) is 0 Å². The van der Waals surface area contributed by atoms with E-state index in [0.717, 1.165) is 0 Å². The van der Waals surface area contributed by atoms with Gasteiger partial charge in [-0.3, -0.25) is 4.79 Å². The van der Waals surface area contributed by atoms with Gasteiger partial charge in [0.25, 0.3) is 11.9 Å². The highest BCUT2D eigenvalue weighted by Gasteiger charge is 2.19. The van der Waals surface area contributed by atoms with Gasteiger partial charge in [0.2, 0.25) is 0 Å². The third-order valence-electron chi connectivity index (χ3n) is 3.85. The topological polar surface area (TPSA) is 100 Å². The van der Waals surface area contributed by atoms with Gasteiger partial charge in [0.1, 0.15) is 11.4 Å². The second-order valence-corrected chi connectivity index (χ2v) is 7.04. The number of carbonyl (C=O) groups is 1. The first kappa shape index (κ1) is 21.7. The van der Waals surface area contributed by atoms with Crippen LogP contribution in [0.25, 0.3) is 0 Å². The number of nitrogens with zero attached hydrogens (tertiary/aromatic N) is 2. The summed E-state index contributed by atoms with van der Waals surface area (Å²) < 4.78 is 25.4. The maximum atomic E-state index is 15.0. The van der Waals surface area contributed by atoms with Gasteiger partial charge in [-0.1, -0.05) is 40.9 Å². The molecule has 1 heterocycles. The Balaban J connectivity index is 1.81. The lowest BCUT2D eigenvalue weighted by Gasteiger charge is -2.13. The smallest absolute Gasteiger partial charge is 0.295 e. The number of methoxy groups -OCH3 is 1. The van der Waals surface area contributed by atoms with Crippen LogP contribution in [0.3, 0.4) is 0 Å². The summed E-state index contributed by atoms with van der Waals surface area (Å²) in [7, 11) is 1.36. The van der Waals surface area contributed by atoms with Crippen molar-refractivity contribution < 1.29 is 18.7 Å². The Bertz CT molecular complexity index is 1160. The maximum Gasteiger partial charge on any atom is 0.295 e. The number of halogens is 4. The highest BCUT2D eigenvalue weighted by Crippen LogP contribution is 2.35. The Hall–Kier alpha value is -2.99. The molecule has 2 aromatic carbocycles. The zero-order valence-electron chi connectivity index (χ0n) is 15.2. The van der Waals surface area contributed by atoms with Crippen LogP contribution in [0.5, 0.6) is 17.5 Å². The van der Waals surface area contributed by atoms with Gasteiger partial charge in [0, 0.05) is 17.1 Å². The van der Waals surface area contributed by atoms with Crippen molar-refractivity contribution >= 4 is 40.7 Å². The Morgan fingerprint density at radius 3 is 2.73 bits per heavy atom. The lowest BCUT2D eigenvalue weighted by atomic mass is 10.2. The average molecular weight is 470 g/mol. The Labute approximate surface area is 185 Å². The molecule has 0 spiro atoms. The molecule has 0 saturated carbocycles. The van der Waals surface area contributed by atoms with Crippen LogP contribution >= 0.6 is 34.8 Å². The van der Waals surface area contributed by atoms with Gasteiger partial charge in [-0.15, -0.1) is 0 Å². The number of nitriles is 1. The van der Waals surface area contributed by atoms with Gasteiger partial charge in [0.15, 0.2) is 16.7 Å². The van der Waals surface area contributed by atoms with Crippen LogP contribution in [0.4, 0.5) is 4.39 Å². The molecule has 1 amide bonds. The Morgan fingerprint density at radius 2 is 2.07 bits per heavy atom. The third-order valence-corrected chi connectivity index (χ3v) is 4.64. The molecule has 0 unspecified atom stereocenters. The van der Waals surface area contributed by atoms with Crippen molar-refractivity contribution in [2.24, 2.45) is 0 Å². The number of hydrogen-bond donors (Lipinski definition) is 2. The summed E-state index contributed by atoms with van der Waals surface area (Å²) in [5.41, 5.74) is 0.319. The molecule has 30 heavy (non-hydrogen) atoms. The molecular weight excluding hydrogens is 458 g/mol. The van der Waals surface area contributed by atoms with Gasteiger partial charge in [0.05, 0.1) is 23.8 Å². The fourth-order valence-electron chi connectivity index (χ4n) is 2.45. The van der Waals surface area contributed by atoms with Crippen molar-refractivity contribution in [1.29, 1.82) is 5.26 Å². The van der Waals surface area contributed by atoms with Crippen LogP contribution in [0, 0.1) is 17.1 Å². The Kier molecular flexibility index (Phi) is 6.67. The van der Waals surface area contributed by atoms with E-state index in [1.165, 1.54) is 37.4 Å². The molecule has 0 radical (unpaired) electrons. The number of ether oxygens (including phenoxy) is 2. The molecule has 0 aliphatic rings. The molecule has 7 nitrogen and oxygen atoms in total. The molecule has 154 valence electrons. The maximum absolute atomic E-state index is 15.0. The first-order valence-electron chi connectivity index (χ1n) is 8.25. The fourth-order valence-corrected chi connectivity index (χ4v) is 3.07. The van der Waals surface area contributed by atoms with E-state index in [1.54, 1.807) is 0 Å². The summed E-state index contributed by atoms with van der Waals surface area (Å²) in [5.74, 6) is -1.52. The Morgan fingerprint density at radius 1 is 1.30 bits per heavy atom. The standard InChI is InChI=1S/C19H12Cl3FN4O3/c1-29-19-26-15(17(22)27-19)18(28)25-8-10-2-3-13(21)16(14(10)23)30-12-5-9(7-24)4-11(20)6-12/h2-6H,8H2,1H3,(H,25,28)(H,26,27). The molecule has 0 aliphatic heterocycles. The fraction of sp³-hybridized carbons (Fsp3) is 0.105. The quantitative estimate of drug-likeness (QED) is 0.522. The minimum atomic E-state index is -0.783. The second-order valence-electron chi connectivity index (χ2n) is 5.83. The first-order valence-corrected chi connectivity index (χ1v) is 9.39. The molecule has 0 atom stereocenters. The molecular formula is C19H12Cl3FN4O3. The average Bonchev–Trinajstić information content (AvgIpc) is 3.10. The number of hydrogen-bond acceptors (Lipinski definition) is 5. The van der Waals surface area contributed by atoms with Crippen molar-refractivity contribution in [1.82, 2.24) is 15.3 Å². The molecule has 0 saturated heterocycles. The molecule has 0 fully saturated rings. The predicted octanol–water partition coefficient (Wildman–Crippen LogP) is 5.11. The summed E-state index contributed by atoms with van der Waals surface area (Å²) in [5, 5.41) is 11.7. The SMILES string of the molecule is COc1nc(Cl)c(C(=O)NCc2ccc(Cl)c(Oc3cc(Cl)cc(C#N)c3)c2F)[nH]1. The van der Waals surface area contributed by atoms with Gasteiger partial charge in [-0.25, -0.2) is 4.39 Å². The summed E-state index contributed by atoms with van der Waals surface area (Å²) >= 11 is 17.9. The van der Waals surface area contributed by atoms with E-state index < -0.39 is 11.7 Å². The minimum absolute atomic E-state index is 0.00223. The lowest BCUT2D eigenvalue weighted by molar-refractivity contribution is 0.0945. The zero-order valence-corrected chi connectivity index (χ0v) is 17.5. The van der Waals surface area contributed by atoms with Crippen LogP contribution in [0.2, 0.25) is 15.2 Å². The summed E-state index contributed by atoms with van der Waals surface area (Å²) in [6.45, 7) is -0.186. The third kappa shape index (κ3) is 4.76. The van der Waals surface area contributed by atoms with E-state index in [2.05, 4.69) is 15.3 Å². The predicted molar refractivity (Wildman–Crippen MR) is 109 cm³/mol. The van der Waals surface area contributed by atoms with Gasteiger partial charge >= 0.3 is 0 Å². The second kappa shape index (κ2) is 9.22. The van der Waals surface area contributed by atoms with Crippen LogP contribution in [-0.2, 0) is 6.54 Å². The number of aromatic nitrogens is 2. The van der Waals surface area contributed by atoms with E-state index in [4.69, 9.17) is 49.5 Å². The summed E-state index contributed by atoms with van der Waals surface area (Å²) in [6.07, 6.45) is 0. The van der Waals surface area contributed by atoms with Gasteiger partial charge < -0.3 is 19.8 Å². The van der Waals surface area contributed by atoms with E-state index in [0.29, 0.717) is 0 Å². The number of aromatic amines is 1. The largest absolute Gasteiger partial charge is 0.468 e. The molecule has 1 aromatic heterocycles. The van der Waals surface area contributed by atoms with E-state index in [1.807, 2.05) is 6.07 Å². The number of H-pyrrole nitrogens is 1. The summed E-state index contributed by atoms with van der Waals surface area (Å²) in [6, 6.07) is 9.06. The summed E-state index contributed by atoms with van der Waals surface area (Å²) in [4.78, 5) is 18.7.